The van der Waals surface area contributed by atoms with E-state index in [4.69, 9.17) is 15.9 Å². The summed E-state index contributed by atoms with van der Waals surface area (Å²) < 4.78 is 11.7. The largest absolute Gasteiger partial charge is 0.497 e. The number of hydrogen-bond donors (Lipinski definition) is 1. The monoisotopic (exact) mass is 364 g/mol. The number of piperidine rings is 3. The van der Waals surface area contributed by atoms with Crippen molar-refractivity contribution in [3.05, 3.63) is 42.5 Å². The zero-order chi connectivity index (χ0) is 18.8. The van der Waals surface area contributed by atoms with E-state index in [1.165, 1.54) is 12.0 Å². The van der Waals surface area contributed by atoms with Crippen LogP contribution in [-0.4, -0.2) is 50.4 Å². The zero-order valence-corrected chi connectivity index (χ0v) is 16.0. The van der Waals surface area contributed by atoms with Crippen LogP contribution in [0.4, 0.5) is 5.69 Å². The Morgan fingerprint density at radius 3 is 3.07 bits per heavy atom. The molecule has 1 aromatic carbocycles. The molecule has 0 aromatic heterocycles. The number of nitrogens with one attached hydrogen (secondary N) is 1. The van der Waals surface area contributed by atoms with Crippen LogP contribution in [0.25, 0.3) is 5.57 Å². The highest BCUT2D eigenvalue weighted by atomic mass is 16.5. The maximum atomic E-state index is 6.28. The summed E-state index contributed by atoms with van der Waals surface area (Å²) in [5.41, 5.74) is 3.51. The molecule has 1 N–H and O–H groups in total. The van der Waals surface area contributed by atoms with Crippen LogP contribution < -0.4 is 10.1 Å². The normalized spacial score (nSPS) is 29.7. The van der Waals surface area contributed by atoms with E-state index in [1.807, 2.05) is 6.07 Å². The second-order valence-corrected chi connectivity index (χ2v) is 7.63. The number of rotatable bonds is 6. The molecule has 5 atom stereocenters. The molecule has 0 spiro atoms. The van der Waals surface area contributed by atoms with E-state index in [0.29, 0.717) is 24.5 Å². The van der Waals surface area contributed by atoms with Crippen LogP contribution in [-0.2, 0) is 4.74 Å². The van der Waals surface area contributed by atoms with Gasteiger partial charge in [-0.15, -0.1) is 13.0 Å². The maximum Gasteiger partial charge on any atom is 0.119 e. The molecule has 142 valence electrons. The smallest absolute Gasteiger partial charge is 0.119 e. The van der Waals surface area contributed by atoms with Crippen molar-refractivity contribution >= 4 is 11.3 Å². The highest BCUT2D eigenvalue weighted by Crippen LogP contribution is 2.43. The van der Waals surface area contributed by atoms with Crippen LogP contribution in [0.15, 0.2) is 36.9 Å². The Bertz CT molecular complexity index is 779. The maximum absolute atomic E-state index is 6.28. The minimum Gasteiger partial charge on any atom is -0.497 e. The molecule has 2 unspecified atom stereocenters. The number of ether oxygens (including phenoxy) is 2. The van der Waals surface area contributed by atoms with Gasteiger partial charge in [0.25, 0.3) is 0 Å². The first-order chi connectivity index (χ1) is 13.2. The van der Waals surface area contributed by atoms with Gasteiger partial charge in [0, 0.05) is 30.4 Å². The standard InChI is InChI=1S/C23H28N2O2/c1-4-12-27-23(22-13-17-9-11-25(22)15-16(17)5-2)19-8-10-24-21-7-6-18(26-3)14-20(19)21/h1,5-8,14,16-17,22-24H,2,9-13,15H2,3H3/t16-,17?,22-,23+/m0/s1. The van der Waals surface area contributed by atoms with E-state index >= 15 is 0 Å². The highest BCUT2D eigenvalue weighted by molar-refractivity contribution is 5.82. The summed E-state index contributed by atoms with van der Waals surface area (Å²) in [6.45, 7) is 7.38. The average molecular weight is 364 g/mol. The first-order valence-corrected chi connectivity index (χ1v) is 9.79. The summed E-state index contributed by atoms with van der Waals surface area (Å²) in [7, 11) is 1.70. The minimum atomic E-state index is -0.0254. The molecule has 27 heavy (non-hydrogen) atoms. The molecule has 0 amide bonds. The quantitative estimate of drug-likeness (QED) is 0.619. The molecule has 0 radical (unpaired) electrons. The molecule has 4 aliphatic heterocycles. The van der Waals surface area contributed by atoms with Crippen LogP contribution in [0.3, 0.4) is 0 Å². The summed E-state index contributed by atoms with van der Waals surface area (Å²) in [5.74, 6) is 4.81. The fraction of sp³-hybridized carbons (Fsp3) is 0.478. The highest BCUT2D eigenvalue weighted by Gasteiger charge is 2.44. The third-order valence-electron chi connectivity index (χ3n) is 6.31. The van der Waals surface area contributed by atoms with E-state index in [2.05, 4.69) is 47.0 Å². The van der Waals surface area contributed by atoms with E-state index in [1.54, 1.807) is 7.11 Å². The second kappa shape index (κ2) is 7.80. The van der Waals surface area contributed by atoms with Crippen molar-refractivity contribution in [2.45, 2.75) is 25.0 Å². The van der Waals surface area contributed by atoms with Crippen molar-refractivity contribution in [3.63, 3.8) is 0 Å². The van der Waals surface area contributed by atoms with E-state index in [9.17, 15) is 0 Å². The average Bonchev–Trinajstić information content (AvgIpc) is 2.74. The minimum absolute atomic E-state index is 0.0254. The summed E-state index contributed by atoms with van der Waals surface area (Å²) in [6, 6.07) is 6.53. The molecule has 4 aliphatic rings. The summed E-state index contributed by atoms with van der Waals surface area (Å²) >= 11 is 0. The number of methoxy groups -OCH3 is 1. The Morgan fingerprint density at radius 1 is 1.48 bits per heavy atom. The van der Waals surface area contributed by atoms with Crippen LogP contribution in [0.2, 0.25) is 0 Å². The number of terminal acetylenes is 1. The van der Waals surface area contributed by atoms with Crippen molar-refractivity contribution in [1.82, 2.24) is 4.90 Å². The Labute approximate surface area is 162 Å². The first-order valence-electron chi connectivity index (χ1n) is 9.79. The third kappa shape index (κ3) is 3.38. The molecule has 4 heterocycles. The Hall–Kier alpha value is -2.22. The lowest BCUT2D eigenvalue weighted by molar-refractivity contribution is -0.0446. The van der Waals surface area contributed by atoms with Crippen LogP contribution in [0.5, 0.6) is 5.75 Å². The Kier molecular flexibility index (Phi) is 5.24. The molecule has 0 aliphatic carbocycles. The molecule has 5 rings (SSSR count). The molecule has 2 bridgehead atoms. The van der Waals surface area contributed by atoms with Crippen LogP contribution >= 0.6 is 0 Å². The van der Waals surface area contributed by atoms with Gasteiger partial charge in [0.1, 0.15) is 12.4 Å². The third-order valence-corrected chi connectivity index (χ3v) is 6.31. The lowest BCUT2D eigenvalue weighted by Crippen LogP contribution is -2.57. The molecule has 4 nitrogen and oxygen atoms in total. The summed E-state index contributed by atoms with van der Waals surface area (Å²) in [4.78, 5) is 2.58. The molecule has 4 heteroatoms. The lowest BCUT2D eigenvalue weighted by Gasteiger charge is -2.51. The van der Waals surface area contributed by atoms with Crippen molar-refractivity contribution < 1.29 is 9.47 Å². The van der Waals surface area contributed by atoms with Crippen molar-refractivity contribution in [3.8, 4) is 18.1 Å². The van der Waals surface area contributed by atoms with Crippen LogP contribution in [0, 0.1) is 24.2 Å². The van der Waals surface area contributed by atoms with Gasteiger partial charge in [-0.25, -0.2) is 0 Å². The van der Waals surface area contributed by atoms with Gasteiger partial charge in [0.15, 0.2) is 0 Å². The van der Waals surface area contributed by atoms with Gasteiger partial charge < -0.3 is 14.8 Å². The SMILES string of the molecule is C#CCO[C@H](C1=CCNc2ccc(OC)cc21)[C@@H]1CC2CCN1C[C@@H]2C=C. The second-order valence-electron chi connectivity index (χ2n) is 7.63. The van der Waals surface area contributed by atoms with E-state index in [0.717, 1.165) is 43.1 Å². The zero-order valence-electron chi connectivity index (χ0n) is 16.0. The van der Waals surface area contributed by atoms with Gasteiger partial charge in [0.05, 0.1) is 13.2 Å². The van der Waals surface area contributed by atoms with Gasteiger partial charge in [-0.05, 0) is 55.0 Å². The van der Waals surface area contributed by atoms with E-state index < -0.39 is 0 Å². The molecule has 1 aromatic rings. The number of benzene rings is 1. The molecular weight excluding hydrogens is 336 g/mol. The number of hydrogen-bond acceptors (Lipinski definition) is 4. The van der Waals surface area contributed by atoms with Crippen molar-refractivity contribution in [1.29, 1.82) is 0 Å². The Morgan fingerprint density at radius 2 is 2.37 bits per heavy atom. The van der Waals surface area contributed by atoms with Gasteiger partial charge in [0.2, 0.25) is 0 Å². The predicted molar refractivity (Wildman–Crippen MR) is 110 cm³/mol. The number of anilines is 1. The Balaban J connectivity index is 1.67. The number of fused-ring (bicyclic) bond motifs is 4. The fourth-order valence-electron chi connectivity index (χ4n) is 4.93. The predicted octanol–water partition coefficient (Wildman–Crippen LogP) is 3.42. The summed E-state index contributed by atoms with van der Waals surface area (Å²) in [6.07, 6.45) is 12.3. The topological polar surface area (TPSA) is 33.7 Å². The fourth-order valence-corrected chi connectivity index (χ4v) is 4.93. The van der Waals surface area contributed by atoms with Gasteiger partial charge in [-0.2, -0.15) is 0 Å². The van der Waals surface area contributed by atoms with Gasteiger partial charge in [-0.3, -0.25) is 4.90 Å². The van der Waals surface area contributed by atoms with Gasteiger partial charge in [-0.1, -0.05) is 18.1 Å². The van der Waals surface area contributed by atoms with E-state index in [-0.39, 0.29) is 6.10 Å². The lowest BCUT2D eigenvalue weighted by atomic mass is 9.73. The van der Waals surface area contributed by atoms with Crippen molar-refractivity contribution in [2.24, 2.45) is 11.8 Å². The van der Waals surface area contributed by atoms with Crippen molar-refractivity contribution in [2.75, 3.05) is 38.7 Å². The summed E-state index contributed by atoms with van der Waals surface area (Å²) in [5, 5.41) is 3.45. The van der Waals surface area contributed by atoms with Crippen LogP contribution in [0.1, 0.15) is 18.4 Å². The number of nitrogens with zero attached hydrogens (tertiary/aromatic N) is 1. The molecule has 3 fully saturated rings. The first kappa shape index (κ1) is 18.2. The molecule has 0 saturated carbocycles. The molecular formula is C23H28N2O2. The van der Waals surface area contributed by atoms with Gasteiger partial charge >= 0.3 is 0 Å². The molecule has 3 saturated heterocycles.